The lowest BCUT2D eigenvalue weighted by molar-refractivity contribution is -0.119. The van der Waals surface area contributed by atoms with Crippen LogP contribution in [0, 0.1) is 0 Å². The number of benzene rings is 1. The molecule has 1 nitrogen and oxygen atoms in total. The number of hydrogen-bond acceptors (Lipinski definition) is 1. The van der Waals surface area contributed by atoms with E-state index in [1.807, 2.05) is 30.3 Å². The van der Waals surface area contributed by atoms with Gasteiger partial charge in [-0.1, -0.05) is 30.3 Å². The van der Waals surface area contributed by atoms with E-state index < -0.39 is 6.17 Å². The largest absolute Gasteiger partial charge is 0.300 e. The van der Waals surface area contributed by atoms with Crippen molar-refractivity contribution in [2.45, 2.75) is 32.4 Å². The highest BCUT2D eigenvalue weighted by molar-refractivity contribution is 5.79. The van der Waals surface area contributed by atoms with Gasteiger partial charge in [-0.25, -0.2) is 4.39 Å². The first-order valence-electron chi connectivity index (χ1n) is 4.88. The van der Waals surface area contributed by atoms with Crippen molar-refractivity contribution in [1.82, 2.24) is 0 Å². The second-order valence-corrected chi connectivity index (χ2v) is 3.51. The van der Waals surface area contributed by atoms with E-state index in [2.05, 4.69) is 0 Å². The van der Waals surface area contributed by atoms with Crippen molar-refractivity contribution < 1.29 is 9.18 Å². The molecule has 0 saturated heterocycles. The van der Waals surface area contributed by atoms with Gasteiger partial charge < -0.3 is 0 Å². The molecule has 76 valence electrons. The van der Waals surface area contributed by atoms with Crippen LogP contribution in [0.25, 0.3) is 0 Å². The third kappa shape index (κ3) is 4.17. The van der Waals surface area contributed by atoms with Gasteiger partial charge in [0.1, 0.15) is 12.0 Å². The molecule has 0 aliphatic heterocycles. The topological polar surface area (TPSA) is 17.1 Å². The average Bonchev–Trinajstić information content (AvgIpc) is 2.15. The highest BCUT2D eigenvalue weighted by atomic mass is 19.1. The Bertz CT molecular complexity index is 280. The fourth-order valence-corrected chi connectivity index (χ4v) is 1.34. The normalized spacial score (nSPS) is 12.4. The van der Waals surface area contributed by atoms with Crippen LogP contribution < -0.4 is 0 Å². The summed E-state index contributed by atoms with van der Waals surface area (Å²) < 4.78 is 12.5. The van der Waals surface area contributed by atoms with Crippen LogP contribution in [-0.2, 0) is 11.2 Å². The van der Waals surface area contributed by atoms with E-state index in [4.69, 9.17) is 0 Å². The Balaban J connectivity index is 2.31. The Labute approximate surface area is 83.9 Å². The molecule has 2 heteroatoms. The lowest BCUT2D eigenvalue weighted by Gasteiger charge is -2.01. The molecule has 1 unspecified atom stereocenters. The van der Waals surface area contributed by atoms with Crippen molar-refractivity contribution in [3.63, 3.8) is 0 Å². The van der Waals surface area contributed by atoms with Gasteiger partial charge in [-0.15, -0.1) is 0 Å². The van der Waals surface area contributed by atoms with Crippen molar-refractivity contribution >= 4 is 5.78 Å². The molecule has 1 aromatic rings. The zero-order valence-corrected chi connectivity index (χ0v) is 8.37. The monoisotopic (exact) mass is 194 g/mol. The van der Waals surface area contributed by atoms with Crippen LogP contribution in [-0.4, -0.2) is 12.0 Å². The Kier molecular flexibility index (Phi) is 4.30. The van der Waals surface area contributed by atoms with Gasteiger partial charge in [0.15, 0.2) is 0 Å². The second kappa shape index (κ2) is 5.53. The molecule has 0 N–H and O–H groups in total. The van der Waals surface area contributed by atoms with Gasteiger partial charge in [0.05, 0.1) is 0 Å². The molecule has 0 amide bonds. The maximum atomic E-state index is 12.5. The summed E-state index contributed by atoms with van der Waals surface area (Å²) in [5, 5.41) is 0. The maximum absolute atomic E-state index is 12.5. The Morgan fingerprint density at radius 1 is 1.36 bits per heavy atom. The zero-order chi connectivity index (χ0) is 10.4. The molecule has 1 aromatic carbocycles. The van der Waals surface area contributed by atoms with Crippen LogP contribution in [0.3, 0.4) is 0 Å². The fraction of sp³-hybridized carbons (Fsp3) is 0.417. The van der Waals surface area contributed by atoms with Crippen LogP contribution in [0.4, 0.5) is 4.39 Å². The molecule has 0 bridgehead atoms. The summed E-state index contributed by atoms with van der Waals surface area (Å²) in [5.41, 5.74) is 1.13. The SMILES string of the molecule is CC(F)CC(=O)CCc1ccccc1. The van der Waals surface area contributed by atoms with Gasteiger partial charge in [-0.05, 0) is 18.9 Å². The Hall–Kier alpha value is -1.18. The third-order valence-corrected chi connectivity index (χ3v) is 2.04. The van der Waals surface area contributed by atoms with Crippen molar-refractivity contribution in [3.05, 3.63) is 35.9 Å². The molecule has 0 radical (unpaired) electrons. The van der Waals surface area contributed by atoms with Crippen molar-refractivity contribution in [2.75, 3.05) is 0 Å². The third-order valence-electron chi connectivity index (χ3n) is 2.04. The van der Waals surface area contributed by atoms with Crippen LogP contribution in [0.5, 0.6) is 0 Å². The first-order chi connectivity index (χ1) is 6.68. The number of aryl methyl sites for hydroxylation is 1. The van der Waals surface area contributed by atoms with Gasteiger partial charge in [-0.2, -0.15) is 0 Å². The fourth-order valence-electron chi connectivity index (χ4n) is 1.34. The van der Waals surface area contributed by atoms with E-state index in [-0.39, 0.29) is 12.2 Å². The first-order valence-corrected chi connectivity index (χ1v) is 4.88. The van der Waals surface area contributed by atoms with E-state index in [1.54, 1.807) is 0 Å². The summed E-state index contributed by atoms with van der Waals surface area (Å²) in [7, 11) is 0. The molecule has 1 atom stereocenters. The lowest BCUT2D eigenvalue weighted by Crippen LogP contribution is -2.06. The lowest BCUT2D eigenvalue weighted by atomic mass is 10.1. The Morgan fingerprint density at radius 3 is 2.57 bits per heavy atom. The van der Waals surface area contributed by atoms with Gasteiger partial charge in [-0.3, -0.25) is 4.79 Å². The quantitative estimate of drug-likeness (QED) is 0.704. The van der Waals surface area contributed by atoms with Gasteiger partial charge in [0.2, 0.25) is 0 Å². The number of halogens is 1. The predicted molar refractivity (Wildman–Crippen MR) is 55.0 cm³/mol. The first kappa shape index (κ1) is 10.9. The molecular formula is C12H15FO. The van der Waals surface area contributed by atoms with E-state index in [1.165, 1.54) is 6.92 Å². The van der Waals surface area contributed by atoms with Gasteiger partial charge in [0.25, 0.3) is 0 Å². The molecule has 0 aromatic heterocycles. The summed E-state index contributed by atoms with van der Waals surface area (Å²) in [6.07, 6.45) is 0.190. The summed E-state index contributed by atoms with van der Waals surface area (Å²) in [4.78, 5) is 11.2. The second-order valence-electron chi connectivity index (χ2n) is 3.51. The minimum absolute atomic E-state index is 0.00357. The van der Waals surface area contributed by atoms with E-state index in [9.17, 15) is 9.18 Å². The van der Waals surface area contributed by atoms with Crippen molar-refractivity contribution in [1.29, 1.82) is 0 Å². The standard InChI is InChI=1S/C12H15FO/c1-10(13)9-12(14)8-7-11-5-3-2-4-6-11/h2-6,10H,7-9H2,1H3. The molecular weight excluding hydrogens is 179 g/mol. The molecule has 0 spiro atoms. The molecule has 0 aliphatic carbocycles. The number of carbonyl (C=O) groups excluding carboxylic acids is 1. The molecule has 0 aliphatic rings. The van der Waals surface area contributed by atoms with Gasteiger partial charge in [0, 0.05) is 12.8 Å². The zero-order valence-electron chi connectivity index (χ0n) is 8.37. The summed E-state index contributed by atoms with van der Waals surface area (Å²) in [6, 6.07) is 9.78. The van der Waals surface area contributed by atoms with Crippen LogP contribution in [0.1, 0.15) is 25.3 Å². The molecule has 1 rings (SSSR count). The number of hydrogen-bond donors (Lipinski definition) is 0. The number of ketones is 1. The number of carbonyl (C=O) groups is 1. The van der Waals surface area contributed by atoms with Crippen LogP contribution >= 0.6 is 0 Å². The van der Waals surface area contributed by atoms with Crippen molar-refractivity contribution in [2.24, 2.45) is 0 Å². The summed E-state index contributed by atoms with van der Waals surface area (Å²) in [6.45, 7) is 1.42. The summed E-state index contributed by atoms with van der Waals surface area (Å²) in [5.74, 6) is 0.00357. The van der Waals surface area contributed by atoms with Crippen LogP contribution in [0.2, 0.25) is 0 Å². The van der Waals surface area contributed by atoms with Crippen LogP contribution in [0.15, 0.2) is 30.3 Å². The number of rotatable bonds is 5. The predicted octanol–water partition coefficient (Wildman–Crippen LogP) is 2.94. The van der Waals surface area contributed by atoms with E-state index in [0.717, 1.165) is 5.56 Å². The molecule has 0 saturated carbocycles. The van der Waals surface area contributed by atoms with Crippen molar-refractivity contribution in [3.8, 4) is 0 Å². The number of alkyl halides is 1. The molecule has 0 heterocycles. The minimum Gasteiger partial charge on any atom is -0.300 e. The highest BCUT2D eigenvalue weighted by Gasteiger charge is 2.07. The molecule has 0 fully saturated rings. The summed E-state index contributed by atoms with van der Waals surface area (Å²) >= 11 is 0. The van der Waals surface area contributed by atoms with Gasteiger partial charge >= 0.3 is 0 Å². The van der Waals surface area contributed by atoms with E-state index >= 15 is 0 Å². The average molecular weight is 194 g/mol. The van der Waals surface area contributed by atoms with E-state index in [0.29, 0.717) is 12.8 Å². The maximum Gasteiger partial charge on any atom is 0.136 e. The number of Topliss-reactive ketones (excluding diaryl/α,β-unsaturated/α-hetero) is 1. The highest BCUT2D eigenvalue weighted by Crippen LogP contribution is 2.06. The Morgan fingerprint density at radius 2 is 2.00 bits per heavy atom. The smallest absolute Gasteiger partial charge is 0.136 e. The minimum atomic E-state index is -1.02. The molecule has 14 heavy (non-hydrogen) atoms.